The minimum Gasteiger partial charge on any atom is -0.507 e. The van der Waals surface area contributed by atoms with Crippen molar-refractivity contribution < 1.29 is 5.11 Å². The second-order valence-corrected chi connectivity index (χ2v) is 5.19. The third-order valence-corrected chi connectivity index (χ3v) is 3.97. The van der Waals surface area contributed by atoms with Crippen molar-refractivity contribution in [2.75, 3.05) is 0 Å². The molecule has 0 aliphatic heterocycles. The van der Waals surface area contributed by atoms with Gasteiger partial charge in [0.2, 0.25) is 0 Å². The zero-order valence-corrected chi connectivity index (χ0v) is 11.1. The maximum Gasteiger partial charge on any atom is 0.130 e. The Labute approximate surface area is 111 Å². The van der Waals surface area contributed by atoms with E-state index in [0.717, 1.165) is 10.5 Å². The molecule has 2 nitrogen and oxygen atoms in total. The van der Waals surface area contributed by atoms with Gasteiger partial charge >= 0.3 is 0 Å². The minimum absolute atomic E-state index is 0.152. The van der Waals surface area contributed by atoms with Gasteiger partial charge in [0.25, 0.3) is 0 Å². The number of hydrogen-bond acceptors (Lipinski definition) is 3. The second kappa shape index (κ2) is 5.16. The molecule has 0 aliphatic rings. The molecule has 0 unspecified atom stereocenters. The highest BCUT2D eigenvalue weighted by molar-refractivity contribution is 7.99. The number of nitrogens with zero attached hydrogens (tertiary/aromatic N) is 1. The lowest BCUT2D eigenvalue weighted by molar-refractivity contribution is 0.462. The first-order valence-electron chi connectivity index (χ1n) is 5.59. The van der Waals surface area contributed by atoms with E-state index >= 15 is 0 Å². The van der Waals surface area contributed by atoms with Crippen LogP contribution in [0.3, 0.4) is 0 Å². The summed E-state index contributed by atoms with van der Waals surface area (Å²) >= 11 is 1.43. The summed E-state index contributed by atoms with van der Waals surface area (Å²) in [5.41, 5.74) is 2.85. The summed E-state index contributed by atoms with van der Waals surface area (Å²) in [6, 6.07) is 13.2. The van der Waals surface area contributed by atoms with Crippen molar-refractivity contribution in [3.8, 4) is 11.8 Å². The molecule has 2 aromatic rings. The molecule has 0 saturated carbocycles. The molecule has 0 aromatic heterocycles. The molecule has 2 aromatic carbocycles. The summed E-state index contributed by atoms with van der Waals surface area (Å²) < 4.78 is 0. The van der Waals surface area contributed by atoms with Crippen molar-refractivity contribution in [1.29, 1.82) is 5.26 Å². The van der Waals surface area contributed by atoms with E-state index in [1.165, 1.54) is 17.3 Å². The molecule has 18 heavy (non-hydrogen) atoms. The van der Waals surface area contributed by atoms with Gasteiger partial charge in [0.15, 0.2) is 0 Å². The van der Waals surface area contributed by atoms with E-state index in [0.29, 0.717) is 10.5 Å². The van der Waals surface area contributed by atoms with Crippen molar-refractivity contribution in [3.05, 3.63) is 53.1 Å². The van der Waals surface area contributed by atoms with E-state index in [-0.39, 0.29) is 5.75 Å². The lowest BCUT2D eigenvalue weighted by Crippen LogP contribution is -1.85. The first-order chi connectivity index (χ1) is 8.61. The maximum absolute atomic E-state index is 9.86. The fourth-order valence-electron chi connectivity index (χ4n) is 1.74. The zero-order valence-electron chi connectivity index (χ0n) is 10.3. The minimum atomic E-state index is 0.152. The summed E-state index contributed by atoms with van der Waals surface area (Å²) in [4.78, 5) is 1.67. The average Bonchev–Trinajstić information content (AvgIpc) is 2.34. The molecule has 90 valence electrons. The molecule has 0 radical (unpaired) electrons. The quantitative estimate of drug-likeness (QED) is 0.881. The Kier molecular flexibility index (Phi) is 3.59. The summed E-state index contributed by atoms with van der Waals surface area (Å²) in [5, 5.41) is 18.9. The van der Waals surface area contributed by atoms with Gasteiger partial charge in [0, 0.05) is 4.90 Å². The average molecular weight is 255 g/mol. The van der Waals surface area contributed by atoms with Gasteiger partial charge in [0.1, 0.15) is 11.8 Å². The summed E-state index contributed by atoms with van der Waals surface area (Å²) in [6.07, 6.45) is 0. The number of rotatable bonds is 2. The molecule has 1 N–H and O–H groups in total. The van der Waals surface area contributed by atoms with E-state index < -0.39 is 0 Å². The molecule has 0 bridgehead atoms. The van der Waals surface area contributed by atoms with E-state index in [2.05, 4.69) is 12.1 Å². The van der Waals surface area contributed by atoms with Crippen LogP contribution in [0.1, 0.15) is 16.7 Å². The third kappa shape index (κ3) is 2.49. The lowest BCUT2D eigenvalue weighted by Gasteiger charge is -2.09. The normalized spacial score (nSPS) is 10.1. The first-order valence-corrected chi connectivity index (χ1v) is 6.40. The van der Waals surface area contributed by atoms with Gasteiger partial charge in [-0.2, -0.15) is 5.26 Å². The fraction of sp³-hybridized carbons (Fsp3) is 0.133. The van der Waals surface area contributed by atoms with Crippen LogP contribution in [-0.4, -0.2) is 5.11 Å². The highest BCUT2D eigenvalue weighted by Gasteiger charge is 2.10. The van der Waals surface area contributed by atoms with Gasteiger partial charge in [-0.15, -0.1) is 0 Å². The molecule has 0 aliphatic carbocycles. The molecule has 2 rings (SSSR count). The number of nitriles is 1. The SMILES string of the molecule is Cc1ccc(Sc2c(O)cccc2C#N)c(C)c1. The number of hydrogen-bond donors (Lipinski definition) is 1. The Morgan fingerprint density at radius 2 is 1.94 bits per heavy atom. The number of phenolic OH excluding ortho intramolecular Hbond substituents is 1. The molecule has 3 heteroatoms. The van der Waals surface area contributed by atoms with Crippen LogP contribution in [0.25, 0.3) is 0 Å². The van der Waals surface area contributed by atoms with Crippen molar-refractivity contribution in [1.82, 2.24) is 0 Å². The molecule has 0 spiro atoms. The molecule has 0 atom stereocenters. The standard InChI is InChI=1S/C15H13NOS/c1-10-6-7-14(11(2)8-10)18-15-12(9-16)4-3-5-13(15)17/h3-8,17H,1-2H3. The van der Waals surface area contributed by atoms with E-state index in [4.69, 9.17) is 5.26 Å². The maximum atomic E-state index is 9.86. The van der Waals surface area contributed by atoms with Gasteiger partial charge < -0.3 is 5.11 Å². The van der Waals surface area contributed by atoms with Crippen molar-refractivity contribution >= 4 is 11.8 Å². The van der Waals surface area contributed by atoms with Crippen LogP contribution in [0.15, 0.2) is 46.2 Å². The van der Waals surface area contributed by atoms with Gasteiger partial charge in [-0.25, -0.2) is 0 Å². The van der Waals surface area contributed by atoms with Crippen molar-refractivity contribution in [2.24, 2.45) is 0 Å². The van der Waals surface area contributed by atoms with Crippen LogP contribution in [-0.2, 0) is 0 Å². The Hall–Kier alpha value is -1.92. The topological polar surface area (TPSA) is 44.0 Å². The molecule has 0 heterocycles. The van der Waals surface area contributed by atoms with Gasteiger partial charge in [-0.3, -0.25) is 0 Å². The van der Waals surface area contributed by atoms with E-state index in [9.17, 15) is 5.11 Å². The Morgan fingerprint density at radius 3 is 2.61 bits per heavy atom. The highest BCUT2D eigenvalue weighted by atomic mass is 32.2. The van der Waals surface area contributed by atoms with Crippen LogP contribution >= 0.6 is 11.8 Å². The fourth-order valence-corrected chi connectivity index (χ4v) is 2.72. The number of aromatic hydroxyl groups is 1. The number of phenols is 1. The predicted octanol–water partition coefficient (Wildman–Crippen LogP) is 4.03. The summed E-state index contributed by atoms with van der Waals surface area (Å²) in [6.45, 7) is 4.07. The smallest absolute Gasteiger partial charge is 0.130 e. The number of aryl methyl sites for hydroxylation is 2. The first kappa shape index (κ1) is 12.5. The molecule has 0 fully saturated rings. The molecular formula is C15H13NOS. The lowest BCUT2D eigenvalue weighted by atomic mass is 10.2. The van der Waals surface area contributed by atoms with Gasteiger partial charge in [-0.05, 0) is 37.6 Å². The van der Waals surface area contributed by atoms with Crippen molar-refractivity contribution in [2.45, 2.75) is 23.6 Å². The number of benzene rings is 2. The Bertz CT molecular complexity index is 629. The molecular weight excluding hydrogens is 242 g/mol. The summed E-state index contributed by atoms with van der Waals surface area (Å²) in [5.74, 6) is 0.152. The zero-order chi connectivity index (χ0) is 13.1. The van der Waals surface area contributed by atoms with Crippen LogP contribution in [0, 0.1) is 25.2 Å². The largest absolute Gasteiger partial charge is 0.507 e. The second-order valence-electron chi connectivity index (χ2n) is 4.14. The van der Waals surface area contributed by atoms with Crippen LogP contribution in [0.2, 0.25) is 0 Å². The summed E-state index contributed by atoms with van der Waals surface area (Å²) in [7, 11) is 0. The van der Waals surface area contributed by atoms with Crippen LogP contribution in [0.4, 0.5) is 0 Å². The van der Waals surface area contributed by atoms with Crippen LogP contribution in [0.5, 0.6) is 5.75 Å². The van der Waals surface area contributed by atoms with Gasteiger partial charge in [0.05, 0.1) is 10.5 Å². The van der Waals surface area contributed by atoms with Crippen LogP contribution < -0.4 is 0 Å². The Morgan fingerprint density at radius 1 is 1.17 bits per heavy atom. The van der Waals surface area contributed by atoms with Gasteiger partial charge in [-0.1, -0.05) is 35.5 Å². The molecule has 0 saturated heterocycles. The monoisotopic (exact) mass is 255 g/mol. The third-order valence-electron chi connectivity index (χ3n) is 2.66. The van der Waals surface area contributed by atoms with E-state index in [1.807, 2.05) is 26.0 Å². The Balaban J connectivity index is 2.43. The predicted molar refractivity (Wildman–Crippen MR) is 72.9 cm³/mol. The highest BCUT2D eigenvalue weighted by Crippen LogP contribution is 2.38. The van der Waals surface area contributed by atoms with Crippen molar-refractivity contribution in [3.63, 3.8) is 0 Å². The molecule has 0 amide bonds. The van der Waals surface area contributed by atoms with E-state index in [1.54, 1.807) is 18.2 Å².